The number of hydrogen-bond donors (Lipinski definition) is 1. The maximum absolute atomic E-state index is 11.9. The van der Waals surface area contributed by atoms with E-state index in [0.29, 0.717) is 0 Å². The van der Waals surface area contributed by atoms with Gasteiger partial charge in [0.15, 0.2) is 0 Å². The summed E-state index contributed by atoms with van der Waals surface area (Å²) in [4.78, 5) is 0. The van der Waals surface area contributed by atoms with Gasteiger partial charge in [-0.25, -0.2) is 0 Å². The molecule has 0 aromatic rings. The molecule has 1 saturated carbocycles. The lowest BCUT2D eigenvalue weighted by Crippen LogP contribution is -2.40. The van der Waals surface area contributed by atoms with Gasteiger partial charge in [0.05, 0.1) is 12.0 Å². The number of aliphatic hydroxyl groups excluding tert-OH is 1. The van der Waals surface area contributed by atoms with E-state index in [9.17, 15) is 13.2 Å². The van der Waals surface area contributed by atoms with Crippen LogP contribution in [0.3, 0.4) is 0 Å². The maximum atomic E-state index is 11.9. The monoisotopic (exact) mass is 168 g/mol. The van der Waals surface area contributed by atoms with Crippen molar-refractivity contribution in [3.8, 4) is 0 Å². The summed E-state index contributed by atoms with van der Waals surface area (Å²) in [5.74, 6) is -1.30. The third-order valence-electron chi connectivity index (χ3n) is 2.32. The van der Waals surface area contributed by atoms with E-state index < -0.39 is 18.2 Å². The molecular formula is C7H11F3O. The molecule has 1 nitrogen and oxygen atoms in total. The first kappa shape index (κ1) is 8.84. The second-order valence-electron chi connectivity index (χ2n) is 3.21. The minimum atomic E-state index is -4.05. The highest BCUT2D eigenvalue weighted by Gasteiger charge is 2.48. The summed E-state index contributed by atoms with van der Waals surface area (Å²) in [6, 6.07) is 0. The van der Waals surface area contributed by atoms with Crippen LogP contribution in [0, 0.1) is 11.8 Å². The third-order valence-corrected chi connectivity index (χ3v) is 2.32. The molecule has 0 amide bonds. The van der Waals surface area contributed by atoms with Crippen molar-refractivity contribution in [3.05, 3.63) is 0 Å². The highest BCUT2D eigenvalue weighted by Crippen LogP contribution is 2.45. The number of halogens is 3. The van der Waals surface area contributed by atoms with E-state index >= 15 is 0 Å². The Morgan fingerprint density at radius 1 is 1.36 bits per heavy atom. The second-order valence-corrected chi connectivity index (χ2v) is 3.21. The van der Waals surface area contributed by atoms with E-state index in [1.807, 2.05) is 0 Å². The zero-order valence-electron chi connectivity index (χ0n) is 6.23. The first-order valence-corrected chi connectivity index (χ1v) is 3.66. The predicted octanol–water partition coefficient (Wildman–Crippen LogP) is 1.96. The fraction of sp³-hybridized carbons (Fsp3) is 1.00. The van der Waals surface area contributed by atoms with Crippen LogP contribution in [0.4, 0.5) is 13.2 Å². The molecule has 1 N–H and O–H groups in total. The van der Waals surface area contributed by atoms with E-state index in [2.05, 4.69) is 0 Å². The standard InChI is InChI=1S/C7H11F3O/c1-4(11)5-2-6(3-5)7(8,9)10/h4-6,11H,2-3H2,1H3. The Bertz CT molecular complexity index is 135. The van der Waals surface area contributed by atoms with Crippen LogP contribution in [0.25, 0.3) is 0 Å². The van der Waals surface area contributed by atoms with Crippen molar-refractivity contribution in [3.63, 3.8) is 0 Å². The summed E-state index contributed by atoms with van der Waals surface area (Å²) in [5.41, 5.74) is 0. The number of alkyl halides is 3. The van der Waals surface area contributed by atoms with Crippen LogP contribution in [0.5, 0.6) is 0 Å². The van der Waals surface area contributed by atoms with Gasteiger partial charge in [-0.1, -0.05) is 0 Å². The average Bonchev–Trinajstić information content (AvgIpc) is 1.51. The molecule has 0 aliphatic heterocycles. The third kappa shape index (κ3) is 1.86. The average molecular weight is 168 g/mol. The van der Waals surface area contributed by atoms with Gasteiger partial charge < -0.3 is 5.11 Å². The zero-order chi connectivity index (χ0) is 8.65. The Morgan fingerprint density at radius 2 is 1.82 bits per heavy atom. The van der Waals surface area contributed by atoms with Crippen molar-refractivity contribution in [1.29, 1.82) is 0 Å². The highest BCUT2D eigenvalue weighted by molar-refractivity contribution is 4.86. The molecule has 1 atom stereocenters. The van der Waals surface area contributed by atoms with Gasteiger partial charge in [0.2, 0.25) is 0 Å². The molecule has 11 heavy (non-hydrogen) atoms. The van der Waals surface area contributed by atoms with Crippen LogP contribution >= 0.6 is 0 Å². The molecule has 66 valence electrons. The van der Waals surface area contributed by atoms with Gasteiger partial charge in [-0.2, -0.15) is 13.2 Å². The topological polar surface area (TPSA) is 20.2 Å². The van der Waals surface area contributed by atoms with Crippen molar-refractivity contribution in [2.45, 2.75) is 32.0 Å². The van der Waals surface area contributed by atoms with Crippen molar-refractivity contribution in [1.82, 2.24) is 0 Å². The summed E-state index contributed by atoms with van der Waals surface area (Å²) >= 11 is 0. The lowest BCUT2D eigenvalue weighted by molar-refractivity contribution is -0.211. The molecule has 0 heterocycles. The lowest BCUT2D eigenvalue weighted by atomic mass is 9.72. The normalized spacial score (nSPS) is 34.6. The van der Waals surface area contributed by atoms with Crippen molar-refractivity contribution >= 4 is 0 Å². The molecule has 0 aromatic carbocycles. The van der Waals surface area contributed by atoms with Crippen LogP contribution in [-0.2, 0) is 0 Å². The number of rotatable bonds is 1. The van der Waals surface area contributed by atoms with Crippen molar-refractivity contribution in [2.24, 2.45) is 11.8 Å². The van der Waals surface area contributed by atoms with Gasteiger partial charge in [0, 0.05) is 0 Å². The molecule has 0 spiro atoms. The fourth-order valence-electron chi connectivity index (χ4n) is 1.32. The van der Waals surface area contributed by atoms with Gasteiger partial charge >= 0.3 is 6.18 Å². The number of hydrogen-bond acceptors (Lipinski definition) is 1. The Kier molecular flexibility index (Phi) is 2.14. The summed E-state index contributed by atoms with van der Waals surface area (Å²) in [7, 11) is 0. The Hall–Kier alpha value is -0.250. The molecule has 4 heteroatoms. The Morgan fingerprint density at radius 3 is 2.09 bits per heavy atom. The zero-order valence-corrected chi connectivity index (χ0v) is 6.23. The molecule has 0 saturated heterocycles. The molecule has 0 aromatic heterocycles. The maximum Gasteiger partial charge on any atom is 0.391 e. The summed E-state index contributed by atoms with van der Waals surface area (Å²) in [5, 5.41) is 8.89. The summed E-state index contributed by atoms with van der Waals surface area (Å²) < 4.78 is 35.6. The Balaban J connectivity index is 2.30. The van der Waals surface area contributed by atoms with Gasteiger partial charge in [-0.15, -0.1) is 0 Å². The molecule has 0 radical (unpaired) electrons. The van der Waals surface area contributed by atoms with Crippen molar-refractivity contribution in [2.75, 3.05) is 0 Å². The molecule has 1 aliphatic rings. The van der Waals surface area contributed by atoms with Crippen LogP contribution in [-0.4, -0.2) is 17.4 Å². The largest absolute Gasteiger partial charge is 0.393 e. The molecule has 1 unspecified atom stereocenters. The van der Waals surface area contributed by atoms with E-state index in [-0.39, 0.29) is 18.8 Å². The van der Waals surface area contributed by atoms with Crippen molar-refractivity contribution < 1.29 is 18.3 Å². The van der Waals surface area contributed by atoms with Gasteiger partial charge in [-0.05, 0) is 25.7 Å². The summed E-state index contributed by atoms with van der Waals surface area (Å²) in [6.45, 7) is 1.54. The van der Waals surface area contributed by atoms with Gasteiger partial charge in [0.1, 0.15) is 0 Å². The quantitative estimate of drug-likeness (QED) is 0.634. The molecular weight excluding hydrogens is 157 g/mol. The molecule has 0 bridgehead atoms. The molecule has 1 aliphatic carbocycles. The van der Waals surface area contributed by atoms with Gasteiger partial charge in [0.25, 0.3) is 0 Å². The van der Waals surface area contributed by atoms with E-state index in [1.54, 1.807) is 0 Å². The van der Waals surface area contributed by atoms with E-state index in [1.165, 1.54) is 6.92 Å². The van der Waals surface area contributed by atoms with Gasteiger partial charge in [-0.3, -0.25) is 0 Å². The first-order valence-electron chi connectivity index (χ1n) is 3.66. The van der Waals surface area contributed by atoms with Crippen LogP contribution < -0.4 is 0 Å². The predicted molar refractivity (Wildman–Crippen MR) is 33.9 cm³/mol. The molecule has 1 rings (SSSR count). The summed E-state index contributed by atoms with van der Waals surface area (Å²) in [6.07, 6.45) is -4.44. The van der Waals surface area contributed by atoms with E-state index in [0.717, 1.165) is 0 Å². The minimum Gasteiger partial charge on any atom is -0.393 e. The lowest BCUT2D eigenvalue weighted by Gasteiger charge is -2.38. The second kappa shape index (κ2) is 2.66. The van der Waals surface area contributed by atoms with Crippen LogP contribution in [0.2, 0.25) is 0 Å². The highest BCUT2D eigenvalue weighted by atomic mass is 19.4. The van der Waals surface area contributed by atoms with Crippen LogP contribution in [0.1, 0.15) is 19.8 Å². The molecule has 1 fully saturated rings. The van der Waals surface area contributed by atoms with E-state index in [4.69, 9.17) is 5.11 Å². The first-order chi connectivity index (χ1) is 4.91. The van der Waals surface area contributed by atoms with Crippen LogP contribution in [0.15, 0.2) is 0 Å². The SMILES string of the molecule is CC(O)C1CC(C(F)(F)F)C1. The smallest absolute Gasteiger partial charge is 0.391 e. The Labute approximate surface area is 63.2 Å². The minimum absolute atomic E-state index is 0.0984. The number of aliphatic hydroxyl groups is 1. The fourth-order valence-corrected chi connectivity index (χ4v) is 1.32.